The van der Waals surface area contributed by atoms with Gasteiger partial charge >= 0.3 is 6.03 Å². The third-order valence-electron chi connectivity index (χ3n) is 9.07. The minimum atomic E-state index is -0.605. The van der Waals surface area contributed by atoms with Gasteiger partial charge in [0.2, 0.25) is 5.91 Å². The third kappa shape index (κ3) is 5.99. The lowest BCUT2D eigenvalue weighted by atomic mass is 9.98. The summed E-state index contributed by atoms with van der Waals surface area (Å²) in [5.74, 6) is 0.612. The molecule has 3 fully saturated rings. The van der Waals surface area contributed by atoms with Crippen LogP contribution in [-0.2, 0) is 14.3 Å². The lowest BCUT2D eigenvalue weighted by molar-refractivity contribution is -0.129. The van der Waals surface area contributed by atoms with Crippen LogP contribution in [-0.4, -0.2) is 71.4 Å². The number of carbonyl (C=O) groups excluding carboxylic acids is 3. The van der Waals surface area contributed by atoms with Gasteiger partial charge in [-0.05, 0) is 68.4 Å². The number of benzene rings is 1. The van der Waals surface area contributed by atoms with E-state index >= 15 is 0 Å². The van der Waals surface area contributed by atoms with Crippen molar-refractivity contribution in [1.29, 1.82) is 5.26 Å². The minimum absolute atomic E-state index is 0.114. The predicted octanol–water partition coefficient (Wildman–Crippen LogP) is 4.29. The largest absolute Gasteiger partial charge is 0.490 e. The van der Waals surface area contributed by atoms with E-state index in [1.807, 2.05) is 31.2 Å². The van der Waals surface area contributed by atoms with Crippen molar-refractivity contribution >= 4 is 41.0 Å². The number of hydrogen-bond donors (Lipinski definition) is 2. The summed E-state index contributed by atoms with van der Waals surface area (Å²) in [7, 11) is 0. The number of amides is 4. The van der Waals surface area contributed by atoms with Gasteiger partial charge in [0.1, 0.15) is 33.8 Å². The van der Waals surface area contributed by atoms with Gasteiger partial charge in [-0.15, -0.1) is 0 Å². The molecule has 2 aromatic rings. The number of anilines is 2. The Morgan fingerprint density at radius 1 is 1.18 bits per heavy atom. The number of pyridine rings is 1. The van der Waals surface area contributed by atoms with Crippen molar-refractivity contribution in [3.05, 3.63) is 53.2 Å². The molecule has 0 bridgehead atoms. The summed E-state index contributed by atoms with van der Waals surface area (Å²) in [4.78, 5) is 48.3. The van der Waals surface area contributed by atoms with Crippen LogP contribution in [0.2, 0.25) is 0 Å². The van der Waals surface area contributed by atoms with Gasteiger partial charge in [0.05, 0.1) is 30.6 Å². The molecule has 7 rings (SSSR count). The number of likely N-dealkylation sites (tertiary alicyclic amines) is 1. The molecule has 2 saturated heterocycles. The minimum Gasteiger partial charge on any atom is -0.490 e. The molecule has 5 heterocycles. The molecule has 3 atom stereocenters. The van der Waals surface area contributed by atoms with Crippen molar-refractivity contribution in [2.45, 2.75) is 73.9 Å². The molecule has 1 aliphatic carbocycles. The number of urea groups is 1. The zero-order valence-electron chi connectivity index (χ0n) is 25.2. The summed E-state index contributed by atoms with van der Waals surface area (Å²) in [6, 6.07) is 8.54. The third-order valence-corrected chi connectivity index (χ3v) is 10.4. The Balaban J connectivity index is 1.05. The molecule has 0 spiro atoms. The van der Waals surface area contributed by atoms with E-state index in [9.17, 15) is 19.6 Å². The molecule has 1 aromatic heterocycles. The second kappa shape index (κ2) is 12.4. The molecular formula is C33H36N6O5S. The molecule has 1 aromatic carbocycles. The van der Waals surface area contributed by atoms with E-state index in [2.05, 4.69) is 21.7 Å². The van der Waals surface area contributed by atoms with E-state index in [0.717, 1.165) is 61.1 Å². The lowest BCUT2D eigenvalue weighted by Gasteiger charge is -2.36. The number of piperidine rings is 1. The summed E-state index contributed by atoms with van der Waals surface area (Å²) >= 11 is 1.35. The maximum atomic E-state index is 13.7. The molecule has 0 radical (unpaired) electrons. The second-order valence-corrected chi connectivity index (χ2v) is 13.5. The first-order valence-corrected chi connectivity index (χ1v) is 16.6. The van der Waals surface area contributed by atoms with E-state index in [1.54, 1.807) is 22.1 Å². The molecule has 4 amide bonds. The van der Waals surface area contributed by atoms with E-state index < -0.39 is 11.3 Å². The number of carbonyl (C=O) groups is 3. The highest BCUT2D eigenvalue weighted by atomic mass is 32.2. The number of thioether (sulfide) groups is 1. The number of nitrogens with one attached hydrogen (secondary N) is 2. The van der Waals surface area contributed by atoms with Gasteiger partial charge < -0.3 is 25.0 Å². The van der Waals surface area contributed by atoms with Crippen molar-refractivity contribution in [3.8, 4) is 11.8 Å². The van der Waals surface area contributed by atoms with Crippen LogP contribution in [0.3, 0.4) is 0 Å². The van der Waals surface area contributed by atoms with E-state index in [4.69, 9.17) is 9.47 Å². The van der Waals surface area contributed by atoms with Crippen LogP contribution in [0.1, 0.15) is 55.7 Å². The van der Waals surface area contributed by atoms with Gasteiger partial charge in [0.15, 0.2) is 0 Å². The van der Waals surface area contributed by atoms with Crippen LogP contribution in [0.25, 0.3) is 0 Å². The van der Waals surface area contributed by atoms with Crippen molar-refractivity contribution in [3.63, 3.8) is 0 Å². The summed E-state index contributed by atoms with van der Waals surface area (Å²) in [6.45, 7) is 4.25. The fraction of sp³-hybridized carbons (Fsp3) is 0.485. The van der Waals surface area contributed by atoms with Crippen molar-refractivity contribution in [2.24, 2.45) is 5.92 Å². The number of aromatic nitrogens is 1. The molecule has 2 N–H and O–H groups in total. The van der Waals surface area contributed by atoms with Crippen molar-refractivity contribution in [1.82, 2.24) is 20.5 Å². The molecule has 1 saturated carbocycles. The zero-order chi connectivity index (χ0) is 31.1. The highest BCUT2D eigenvalue weighted by molar-refractivity contribution is 8.01. The monoisotopic (exact) mass is 628 g/mol. The Morgan fingerprint density at radius 3 is 2.76 bits per heavy atom. The summed E-state index contributed by atoms with van der Waals surface area (Å²) in [6.07, 6.45) is 8.77. The molecule has 234 valence electrons. The molecule has 4 aliphatic heterocycles. The molecule has 11 nitrogen and oxygen atoms in total. The van der Waals surface area contributed by atoms with Crippen molar-refractivity contribution in [2.75, 3.05) is 31.2 Å². The van der Waals surface area contributed by atoms with E-state index in [-0.39, 0.29) is 35.6 Å². The van der Waals surface area contributed by atoms with Gasteiger partial charge in [0, 0.05) is 43.7 Å². The normalized spacial score (nSPS) is 24.8. The Hall–Kier alpha value is -4.08. The Bertz CT molecular complexity index is 1600. The Morgan fingerprint density at radius 2 is 2.00 bits per heavy atom. The molecule has 5 aliphatic rings. The van der Waals surface area contributed by atoms with Crippen molar-refractivity contribution < 1.29 is 23.9 Å². The molecule has 45 heavy (non-hydrogen) atoms. The first kappa shape index (κ1) is 29.6. The number of aryl methyl sites for hydroxylation is 1. The number of allylic oxidation sites excluding steroid dienone is 1. The van der Waals surface area contributed by atoms with Gasteiger partial charge in [0.25, 0.3) is 5.91 Å². The average molecular weight is 629 g/mol. The van der Waals surface area contributed by atoms with Crippen LogP contribution in [0.15, 0.2) is 47.1 Å². The average Bonchev–Trinajstić information content (AvgIpc) is 3.80. The Labute approximate surface area is 266 Å². The van der Waals surface area contributed by atoms with Crippen LogP contribution >= 0.6 is 11.8 Å². The number of nitriles is 1. The molecule has 2 unspecified atom stereocenters. The van der Waals surface area contributed by atoms with Gasteiger partial charge in [-0.2, -0.15) is 5.26 Å². The maximum Gasteiger partial charge on any atom is 0.327 e. The summed E-state index contributed by atoms with van der Waals surface area (Å²) in [5.41, 5.74) is 3.35. The second-order valence-electron chi connectivity index (χ2n) is 12.4. The highest BCUT2D eigenvalue weighted by Gasteiger charge is 2.47. The van der Waals surface area contributed by atoms with E-state index in [1.165, 1.54) is 11.8 Å². The SMILES string of the molecule is Cc1cc(OC2CCOCC2)ccc1N1C(=O)NC2c3c1ccnc3S[C@H]2C(=O)NC1CCCN(C(=O)/C(C#N)=C/C2CC2)C1. The van der Waals surface area contributed by atoms with E-state index in [0.29, 0.717) is 42.9 Å². The van der Waals surface area contributed by atoms with Gasteiger partial charge in [-0.25, -0.2) is 9.78 Å². The number of hydrogen-bond acceptors (Lipinski definition) is 8. The zero-order valence-corrected chi connectivity index (χ0v) is 26.0. The van der Waals surface area contributed by atoms with Crippen LogP contribution in [0, 0.1) is 24.2 Å². The van der Waals surface area contributed by atoms with Crippen LogP contribution < -0.4 is 20.3 Å². The first-order valence-electron chi connectivity index (χ1n) is 15.7. The molecule has 12 heteroatoms. The van der Waals surface area contributed by atoms with Crippen LogP contribution in [0.4, 0.5) is 16.2 Å². The number of ether oxygens (including phenoxy) is 2. The number of rotatable bonds is 7. The van der Waals surface area contributed by atoms with Gasteiger partial charge in [-0.3, -0.25) is 14.5 Å². The molecular weight excluding hydrogens is 592 g/mol. The lowest BCUT2D eigenvalue weighted by Crippen LogP contribution is -2.54. The topological polar surface area (TPSA) is 137 Å². The highest BCUT2D eigenvalue weighted by Crippen LogP contribution is 2.51. The standard InChI is InChI=1S/C33H36N6O5S/c1-19-15-24(44-23-9-13-43-14-10-23)6-7-25(19)39-26-8-11-35-31-27(26)28(37-33(39)42)29(45-31)30(40)36-22-3-2-12-38(18-22)32(41)21(17-34)16-20-4-5-20/h6-8,11,15-16,20,22-23,28-29H,2-5,9-10,12-14,18H2,1H3,(H,36,40)(H,37,42)/b21-16+/t22?,28?,29-/m1/s1. The fourth-order valence-electron chi connectivity index (χ4n) is 6.59. The first-order chi connectivity index (χ1) is 21.9. The van der Waals surface area contributed by atoms with Gasteiger partial charge in [-0.1, -0.05) is 17.8 Å². The smallest absolute Gasteiger partial charge is 0.327 e. The number of nitrogens with zero attached hydrogens (tertiary/aromatic N) is 4. The summed E-state index contributed by atoms with van der Waals surface area (Å²) in [5, 5.41) is 15.9. The maximum absolute atomic E-state index is 13.7. The predicted molar refractivity (Wildman–Crippen MR) is 167 cm³/mol. The Kier molecular flexibility index (Phi) is 8.14. The summed E-state index contributed by atoms with van der Waals surface area (Å²) < 4.78 is 11.6. The van der Waals surface area contributed by atoms with Crippen LogP contribution in [0.5, 0.6) is 5.75 Å². The quantitative estimate of drug-likeness (QED) is 0.342. The fourth-order valence-corrected chi connectivity index (χ4v) is 7.83.